The molecule has 0 amide bonds. The van der Waals surface area contributed by atoms with Crippen molar-refractivity contribution in [3.8, 4) is 0 Å². The zero-order valence-corrected chi connectivity index (χ0v) is 12.3. The number of nitrogens with zero attached hydrogens (tertiary/aromatic N) is 2. The average molecular weight is 308 g/mol. The van der Waals surface area contributed by atoms with Crippen LogP contribution in [0, 0.1) is 0 Å². The van der Waals surface area contributed by atoms with E-state index in [1.165, 1.54) is 5.56 Å². The van der Waals surface area contributed by atoms with E-state index in [1.54, 1.807) is 0 Å². The molecule has 0 aliphatic rings. The SMILES string of the molecule is CC(C)NCc1ccn(Cc2cccc(Br)c2)n1. The van der Waals surface area contributed by atoms with E-state index in [0.29, 0.717) is 6.04 Å². The van der Waals surface area contributed by atoms with Crippen LogP contribution in [-0.2, 0) is 13.1 Å². The normalized spacial score (nSPS) is 11.1. The van der Waals surface area contributed by atoms with Gasteiger partial charge in [-0.3, -0.25) is 4.68 Å². The lowest BCUT2D eigenvalue weighted by Gasteiger charge is -2.05. The molecule has 0 bridgehead atoms. The molecular weight excluding hydrogens is 290 g/mol. The van der Waals surface area contributed by atoms with E-state index < -0.39 is 0 Å². The third-order valence-electron chi connectivity index (χ3n) is 2.62. The Morgan fingerprint density at radius 1 is 1.33 bits per heavy atom. The van der Waals surface area contributed by atoms with Gasteiger partial charge in [-0.05, 0) is 23.8 Å². The van der Waals surface area contributed by atoms with E-state index >= 15 is 0 Å². The molecule has 2 aromatic rings. The molecule has 0 saturated carbocycles. The van der Waals surface area contributed by atoms with E-state index in [9.17, 15) is 0 Å². The minimum atomic E-state index is 0.486. The van der Waals surface area contributed by atoms with E-state index in [0.717, 1.165) is 23.3 Å². The largest absolute Gasteiger partial charge is 0.309 e. The second-order valence-electron chi connectivity index (χ2n) is 4.67. The van der Waals surface area contributed by atoms with Gasteiger partial charge in [-0.25, -0.2) is 0 Å². The maximum absolute atomic E-state index is 4.55. The van der Waals surface area contributed by atoms with Crippen LogP contribution in [0.1, 0.15) is 25.1 Å². The summed E-state index contributed by atoms with van der Waals surface area (Å²) in [6, 6.07) is 10.9. The Balaban J connectivity index is 1.98. The quantitative estimate of drug-likeness (QED) is 0.919. The van der Waals surface area contributed by atoms with Crippen LogP contribution in [0.5, 0.6) is 0 Å². The molecule has 3 nitrogen and oxygen atoms in total. The van der Waals surface area contributed by atoms with Crippen LogP contribution in [-0.4, -0.2) is 15.8 Å². The zero-order valence-electron chi connectivity index (χ0n) is 10.7. The van der Waals surface area contributed by atoms with Crippen molar-refractivity contribution in [1.29, 1.82) is 0 Å². The van der Waals surface area contributed by atoms with Gasteiger partial charge in [0.15, 0.2) is 0 Å². The fourth-order valence-electron chi connectivity index (χ4n) is 1.72. The molecule has 0 atom stereocenters. The van der Waals surface area contributed by atoms with E-state index in [1.807, 2.05) is 23.0 Å². The standard InChI is InChI=1S/C14H18BrN3/c1-11(2)16-9-14-6-7-18(17-14)10-12-4-3-5-13(15)8-12/h3-8,11,16H,9-10H2,1-2H3. The summed E-state index contributed by atoms with van der Waals surface area (Å²) in [5.41, 5.74) is 2.33. The summed E-state index contributed by atoms with van der Waals surface area (Å²) in [7, 11) is 0. The number of aromatic nitrogens is 2. The lowest BCUT2D eigenvalue weighted by molar-refractivity contribution is 0.570. The summed E-state index contributed by atoms with van der Waals surface area (Å²) in [4.78, 5) is 0. The second-order valence-corrected chi connectivity index (χ2v) is 5.59. The number of hydrogen-bond donors (Lipinski definition) is 1. The fraction of sp³-hybridized carbons (Fsp3) is 0.357. The number of rotatable bonds is 5. The van der Waals surface area contributed by atoms with Crippen LogP contribution in [0.25, 0.3) is 0 Å². The van der Waals surface area contributed by atoms with Crippen molar-refractivity contribution in [2.24, 2.45) is 0 Å². The maximum Gasteiger partial charge on any atom is 0.0762 e. The van der Waals surface area contributed by atoms with Gasteiger partial charge in [-0.1, -0.05) is 41.9 Å². The Bertz CT molecular complexity index is 505. The van der Waals surface area contributed by atoms with Crippen LogP contribution < -0.4 is 5.32 Å². The maximum atomic E-state index is 4.55. The fourth-order valence-corrected chi connectivity index (χ4v) is 2.16. The van der Waals surface area contributed by atoms with Crippen LogP contribution in [0.2, 0.25) is 0 Å². The second kappa shape index (κ2) is 6.16. The van der Waals surface area contributed by atoms with E-state index in [-0.39, 0.29) is 0 Å². The third kappa shape index (κ3) is 3.96. The lowest BCUT2D eigenvalue weighted by Crippen LogP contribution is -2.22. The van der Waals surface area contributed by atoms with Crippen molar-refractivity contribution < 1.29 is 0 Å². The highest BCUT2D eigenvalue weighted by Crippen LogP contribution is 2.12. The van der Waals surface area contributed by atoms with Gasteiger partial charge in [0.2, 0.25) is 0 Å². The predicted octanol–water partition coefficient (Wildman–Crippen LogP) is 3.19. The van der Waals surface area contributed by atoms with Crippen LogP contribution in [0.15, 0.2) is 41.0 Å². The molecular formula is C14H18BrN3. The van der Waals surface area contributed by atoms with Crippen molar-refractivity contribution in [3.05, 3.63) is 52.3 Å². The predicted molar refractivity (Wildman–Crippen MR) is 77.4 cm³/mol. The number of halogens is 1. The van der Waals surface area contributed by atoms with Gasteiger partial charge in [-0.15, -0.1) is 0 Å². The highest BCUT2D eigenvalue weighted by Gasteiger charge is 2.01. The van der Waals surface area contributed by atoms with Gasteiger partial charge >= 0.3 is 0 Å². The Kier molecular flexibility index (Phi) is 4.55. The van der Waals surface area contributed by atoms with Gasteiger partial charge < -0.3 is 5.32 Å². The number of benzene rings is 1. The molecule has 0 aliphatic carbocycles. The summed E-state index contributed by atoms with van der Waals surface area (Å²) in [5, 5.41) is 7.91. The number of nitrogens with one attached hydrogen (secondary N) is 1. The number of hydrogen-bond acceptors (Lipinski definition) is 2. The zero-order chi connectivity index (χ0) is 13.0. The van der Waals surface area contributed by atoms with Crippen LogP contribution >= 0.6 is 15.9 Å². The first-order valence-corrected chi connectivity index (χ1v) is 6.93. The molecule has 0 unspecified atom stereocenters. The molecule has 4 heteroatoms. The topological polar surface area (TPSA) is 29.9 Å². The molecule has 2 rings (SSSR count). The van der Waals surface area contributed by atoms with E-state index in [4.69, 9.17) is 0 Å². The Morgan fingerprint density at radius 2 is 2.17 bits per heavy atom. The summed E-state index contributed by atoms with van der Waals surface area (Å²) in [6.07, 6.45) is 2.03. The van der Waals surface area contributed by atoms with Crippen molar-refractivity contribution in [1.82, 2.24) is 15.1 Å². The average Bonchev–Trinajstić information content (AvgIpc) is 2.74. The summed E-state index contributed by atoms with van der Waals surface area (Å²) in [5.74, 6) is 0. The first kappa shape index (κ1) is 13.3. The van der Waals surface area contributed by atoms with Gasteiger partial charge in [0, 0.05) is 23.3 Å². The molecule has 1 aromatic carbocycles. The van der Waals surface area contributed by atoms with Crippen molar-refractivity contribution in [3.63, 3.8) is 0 Å². The summed E-state index contributed by atoms with van der Waals surface area (Å²) >= 11 is 3.48. The van der Waals surface area contributed by atoms with Gasteiger partial charge in [0.1, 0.15) is 0 Å². The highest BCUT2D eigenvalue weighted by atomic mass is 79.9. The first-order chi connectivity index (χ1) is 8.63. The van der Waals surface area contributed by atoms with Crippen molar-refractivity contribution in [2.75, 3.05) is 0 Å². The molecule has 1 aromatic heterocycles. The molecule has 0 spiro atoms. The van der Waals surface area contributed by atoms with Crippen molar-refractivity contribution in [2.45, 2.75) is 33.0 Å². The molecule has 0 saturated heterocycles. The molecule has 96 valence electrons. The van der Waals surface area contributed by atoms with E-state index in [2.05, 4.69) is 58.4 Å². The molecule has 0 radical (unpaired) electrons. The van der Waals surface area contributed by atoms with Gasteiger partial charge in [0.05, 0.1) is 12.2 Å². The molecule has 1 heterocycles. The van der Waals surface area contributed by atoms with Crippen LogP contribution in [0.4, 0.5) is 0 Å². The van der Waals surface area contributed by atoms with Gasteiger partial charge in [0.25, 0.3) is 0 Å². The molecule has 1 N–H and O–H groups in total. The molecule has 0 aliphatic heterocycles. The first-order valence-electron chi connectivity index (χ1n) is 6.13. The minimum absolute atomic E-state index is 0.486. The smallest absolute Gasteiger partial charge is 0.0762 e. The minimum Gasteiger partial charge on any atom is -0.309 e. The Hall–Kier alpha value is -1.13. The summed E-state index contributed by atoms with van der Waals surface area (Å²) < 4.78 is 3.08. The Morgan fingerprint density at radius 3 is 2.89 bits per heavy atom. The highest BCUT2D eigenvalue weighted by molar-refractivity contribution is 9.10. The summed E-state index contributed by atoms with van der Waals surface area (Å²) in [6.45, 7) is 5.90. The lowest BCUT2D eigenvalue weighted by atomic mass is 10.2. The Labute approximate surface area is 116 Å². The van der Waals surface area contributed by atoms with Crippen molar-refractivity contribution >= 4 is 15.9 Å². The third-order valence-corrected chi connectivity index (χ3v) is 3.11. The van der Waals surface area contributed by atoms with Gasteiger partial charge in [-0.2, -0.15) is 5.10 Å². The molecule has 0 fully saturated rings. The monoisotopic (exact) mass is 307 g/mol. The van der Waals surface area contributed by atoms with Crippen LogP contribution in [0.3, 0.4) is 0 Å². The molecule has 18 heavy (non-hydrogen) atoms.